The summed E-state index contributed by atoms with van der Waals surface area (Å²) in [4.78, 5) is 22.3. The smallest absolute Gasteiger partial charge is 0.294 e. The number of benzene rings is 1. The second kappa shape index (κ2) is 5.59. The van der Waals surface area contributed by atoms with Crippen LogP contribution in [0.5, 0.6) is 0 Å². The Bertz CT molecular complexity index is 671. The molecule has 1 heterocycles. The van der Waals surface area contributed by atoms with Gasteiger partial charge in [0, 0.05) is 6.07 Å². The number of nitrogens with one attached hydrogen (secondary N) is 2. The van der Waals surface area contributed by atoms with Crippen molar-refractivity contribution in [3.8, 4) is 0 Å². The summed E-state index contributed by atoms with van der Waals surface area (Å²) >= 11 is 1.19. The summed E-state index contributed by atoms with van der Waals surface area (Å²) < 4.78 is 0. The van der Waals surface area contributed by atoms with Crippen LogP contribution in [0.2, 0.25) is 0 Å². The Morgan fingerprint density at radius 2 is 2.20 bits per heavy atom. The molecule has 1 aromatic carbocycles. The molecule has 1 aromatic heterocycles. The van der Waals surface area contributed by atoms with Crippen LogP contribution in [-0.4, -0.2) is 21.0 Å². The van der Waals surface area contributed by atoms with E-state index in [9.17, 15) is 14.9 Å². The summed E-state index contributed by atoms with van der Waals surface area (Å²) in [6.07, 6.45) is 0. The Kier molecular flexibility index (Phi) is 3.86. The zero-order valence-corrected chi connectivity index (χ0v) is 11.1. The molecule has 1 amide bonds. The van der Waals surface area contributed by atoms with Gasteiger partial charge in [-0.15, -0.1) is 10.2 Å². The standard InChI is InChI=1S/C10H10N6O3S/c1-5-14-15-10(20-5)12-9(17)6-3-2-4-7(16(18)19)8(6)13-11/h2-4,13H,11H2,1H3,(H,12,15,17). The molecular weight excluding hydrogens is 284 g/mol. The number of rotatable bonds is 4. The molecule has 0 saturated carbocycles. The van der Waals surface area contributed by atoms with Gasteiger partial charge in [0.2, 0.25) is 5.13 Å². The van der Waals surface area contributed by atoms with Crippen LogP contribution in [0, 0.1) is 17.0 Å². The van der Waals surface area contributed by atoms with E-state index in [4.69, 9.17) is 5.84 Å². The highest BCUT2D eigenvalue weighted by Gasteiger charge is 2.21. The lowest BCUT2D eigenvalue weighted by molar-refractivity contribution is -0.384. The molecule has 20 heavy (non-hydrogen) atoms. The van der Waals surface area contributed by atoms with Gasteiger partial charge in [0.25, 0.3) is 11.6 Å². The van der Waals surface area contributed by atoms with E-state index in [0.717, 1.165) is 0 Å². The molecule has 0 aliphatic heterocycles. The lowest BCUT2D eigenvalue weighted by atomic mass is 10.1. The van der Waals surface area contributed by atoms with Crippen molar-refractivity contribution in [1.82, 2.24) is 10.2 Å². The van der Waals surface area contributed by atoms with E-state index < -0.39 is 10.8 Å². The number of aryl methyl sites for hydroxylation is 1. The predicted octanol–water partition coefficient (Wildman–Crippen LogP) is 1.29. The SMILES string of the molecule is Cc1nnc(NC(=O)c2cccc([N+](=O)[O-])c2NN)s1. The van der Waals surface area contributed by atoms with Crippen LogP contribution in [0.3, 0.4) is 0 Å². The van der Waals surface area contributed by atoms with Crippen LogP contribution < -0.4 is 16.6 Å². The Balaban J connectivity index is 2.34. The number of aromatic nitrogens is 2. The summed E-state index contributed by atoms with van der Waals surface area (Å²) in [5, 5.41) is 21.9. The molecule has 10 heteroatoms. The van der Waals surface area contributed by atoms with Crippen molar-refractivity contribution >= 4 is 33.8 Å². The number of nitro groups is 1. The summed E-state index contributed by atoms with van der Waals surface area (Å²) in [6, 6.07) is 4.08. The molecule has 0 bridgehead atoms. The second-order valence-corrected chi connectivity index (χ2v) is 4.86. The van der Waals surface area contributed by atoms with Crippen molar-refractivity contribution in [3.05, 3.63) is 38.9 Å². The van der Waals surface area contributed by atoms with Crippen LogP contribution in [-0.2, 0) is 0 Å². The monoisotopic (exact) mass is 294 g/mol. The van der Waals surface area contributed by atoms with Crippen LogP contribution in [0.4, 0.5) is 16.5 Å². The molecule has 0 fully saturated rings. The Morgan fingerprint density at radius 3 is 2.75 bits per heavy atom. The molecule has 0 radical (unpaired) electrons. The van der Waals surface area contributed by atoms with E-state index in [0.29, 0.717) is 10.1 Å². The normalized spacial score (nSPS) is 10.1. The average molecular weight is 294 g/mol. The lowest BCUT2D eigenvalue weighted by Gasteiger charge is -2.08. The van der Waals surface area contributed by atoms with Crippen molar-refractivity contribution < 1.29 is 9.72 Å². The van der Waals surface area contributed by atoms with Gasteiger partial charge in [-0.1, -0.05) is 17.4 Å². The van der Waals surface area contributed by atoms with Crippen molar-refractivity contribution in [2.75, 3.05) is 10.7 Å². The minimum absolute atomic E-state index is 0.0505. The molecule has 0 spiro atoms. The topological polar surface area (TPSA) is 136 Å². The Hall–Kier alpha value is -2.59. The van der Waals surface area contributed by atoms with E-state index in [1.54, 1.807) is 6.92 Å². The number of carbonyl (C=O) groups excluding carboxylic acids is 1. The molecule has 2 rings (SSSR count). The van der Waals surface area contributed by atoms with Crippen molar-refractivity contribution in [3.63, 3.8) is 0 Å². The number of anilines is 2. The Labute approximate surface area is 116 Å². The third-order valence-corrected chi connectivity index (χ3v) is 3.13. The third-order valence-electron chi connectivity index (χ3n) is 2.37. The Morgan fingerprint density at radius 1 is 1.45 bits per heavy atom. The number of hydrazine groups is 1. The second-order valence-electron chi connectivity index (χ2n) is 3.68. The molecule has 4 N–H and O–H groups in total. The van der Waals surface area contributed by atoms with E-state index in [-0.39, 0.29) is 16.9 Å². The first-order valence-electron chi connectivity index (χ1n) is 5.38. The zero-order valence-electron chi connectivity index (χ0n) is 10.3. The summed E-state index contributed by atoms with van der Waals surface area (Å²) in [5.74, 6) is 4.71. The number of nitro benzene ring substituents is 1. The van der Waals surface area contributed by atoms with Crippen molar-refractivity contribution in [1.29, 1.82) is 0 Å². The first-order chi connectivity index (χ1) is 9.52. The van der Waals surface area contributed by atoms with Gasteiger partial charge in [0.15, 0.2) is 0 Å². The zero-order chi connectivity index (χ0) is 14.7. The predicted molar refractivity (Wildman–Crippen MR) is 73.5 cm³/mol. The van der Waals surface area contributed by atoms with Gasteiger partial charge >= 0.3 is 0 Å². The molecule has 2 aromatic rings. The number of amides is 1. The van der Waals surface area contributed by atoms with E-state index in [1.807, 2.05) is 0 Å². The molecular formula is C10H10N6O3S. The minimum Gasteiger partial charge on any atom is -0.318 e. The average Bonchev–Trinajstić information content (AvgIpc) is 2.82. The molecule has 0 atom stereocenters. The van der Waals surface area contributed by atoms with Crippen LogP contribution >= 0.6 is 11.3 Å². The van der Waals surface area contributed by atoms with Gasteiger partial charge in [-0.3, -0.25) is 26.1 Å². The molecule has 0 aliphatic rings. The highest BCUT2D eigenvalue weighted by Crippen LogP contribution is 2.28. The molecule has 0 aliphatic carbocycles. The van der Waals surface area contributed by atoms with Crippen LogP contribution in [0.15, 0.2) is 18.2 Å². The molecule has 104 valence electrons. The number of nitrogens with zero attached hydrogens (tertiary/aromatic N) is 3. The highest BCUT2D eigenvalue weighted by molar-refractivity contribution is 7.15. The first-order valence-corrected chi connectivity index (χ1v) is 6.20. The van der Waals surface area contributed by atoms with Crippen molar-refractivity contribution in [2.45, 2.75) is 6.92 Å². The third kappa shape index (κ3) is 2.70. The van der Waals surface area contributed by atoms with Gasteiger partial charge in [-0.05, 0) is 13.0 Å². The van der Waals surface area contributed by atoms with Gasteiger partial charge in [-0.25, -0.2) is 0 Å². The fourth-order valence-electron chi connectivity index (χ4n) is 1.54. The highest BCUT2D eigenvalue weighted by atomic mass is 32.1. The van der Waals surface area contributed by atoms with E-state index >= 15 is 0 Å². The van der Waals surface area contributed by atoms with Crippen molar-refractivity contribution in [2.24, 2.45) is 5.84 Å². The van der Waals surface area contributed by atoms with Gasteiger partial charge in [-0.2, -0.15) is 0 Å². The molecule has 0 saturated heterocycles. The number of hydrogen-bond donors (Lipinski definition) is 3. The number of carbonyl (C=O) groups is 1. The number of nitrogen functional groups attached to an aromatic ring is 1. The first kappa shape index (κ1) is 13.8. The number of para-hydroxylation sites is 1. The van der Waals surface area contributed by atoms with E-state index in [2.05, 4.69) is 20.9 Å². The summed E-state index contributed by atoms with van der Waals surface area (Å²) in [5.41, 5.74) is 1.89. The lowest BCUT2D eigenvalue weighted by Crippen LogP contribution is -2.18. The summed E-state index contributed by atoms with van der Waals surface area (Å²) in [6.45, 7) is 1.74. The summed E-state index contributed by atoms with van der Waals surface area (Å²) in [7, 11) is 0. The van der Waals surface area contributed by atoms with Gasteiger partial charge in [0.05, 0.1) is 10.5 Å². The largest absolute Gasteiger partial charge is 0.318 e. The quantitative estimate of drug-likeness (QED) is 0.439. The maximum atomic E-state index is 12.1. The fraction of sp³-hybridized carbons (Fsp3) is 0.100. The van der Waals surface area contributed by atoms with E-state index in [1.165, 1.54) is 29.5 Å². The van der Waals surface area contributed by atoms with Crippen LogP contribution in [0.1, 0.15) is 15.4 Å². The minimum atomic E-state index is -0.624. The van der Waals surface area contributed by atoms with Crippen LogP contribution in [0.25, 0.3) is 0 Å². The molecule has 0 unspecified atom stereocenters. The maximum absolute atomic E-state index is 12.1. The number of nitrogens with two attached hydrogens (primary N) is 1. The van der Waals surface area contributed by atoms with Gasteiger partial charge in [0.1, 0.15) is 10.7 Å². The maximum Gasteiger partial charge on any atom is 0.294 e. The van der Waals surface area contributed by atoms with Gasteiger partial charge < -0.3 is 5.43 Å². The molecule has 9 nitrogen and oxygen atoms in total. The fourth-order valence-corrected chi connectivity index (χ4v) is 2.13. The number of hydrogen-bond acceptors (Lipinski definition) is 8.